The Kier molecular flexibility index (Phi) is 6.21. The Morgan fingerprint density at radius 2 is 1.97 bits per heavy atom. The van der Waals surface area contributed by atoms with Crippen molar-refractivity contribution in [1.29, 1.82) is 0 Å². The first-order valence-corrected chi connectivity index (χ1v) is 10.7. The van der Waals surface area contributed by atoms with Crippen molar-refractivity contribution in [1.82, 2.24) is 19.5 Å². The number of amides is 1. The maximum atomic E-state index is 12.3. The topological polar surface area (TPSA) is 64.2 Å². The summed E-state index contributed by atoms with van der Waals surface area (Å²) in [5.74, 6) is 0.0119. The summed E-state index contributed by atoms with van der Waals surface area (Å²) < 4.78 is 4.00. The summed E-state index contributed by atoms with van der Waals surface area (Å²) in [7, 11) is 1.92. The SMILES string of the molecule is Cn1cccc1/C=N/NC(=O)CSc1nc2ccccc2n1Cc1ccccc1Cl. The zero-order chi connectivity index (χ0) is 20.9. The van der Waals surface area contributed by atoms with E-state index in [1.165, 1.54) is 11.8 Å². The lowest BCUT2D eigenvalue weighted by atomic mass is 10.2. The van der Waals surface area contributed by atoms with E-state index in [0.717, 1.165) is 27.4 Å². The van der Waals surface area contributed by atoms with Crippen LogP contribution in [-0.4, -0.2) is 32.0 Å². The number of carbonyl (C=O) groups excluding carboxylic acids is 1. The third-order valence-electron chi connectivity index (χ3n) is 4.61. The molecule has 0 spiro atoms. The minimum atomic E-state index is -0.193. The number of halogens is 1. The Balaban J connectivity index is 1.48. The van der Waals surface area contributed by atoms with Gasteiger partial charge in [0.25, 0.3) is 5.91 Å². The number of aromatic nitrogens is 3. The highest BCUT2D eigenvalue weighted by Crippen LogP contribution is 2.26. The third kappa shape index (κ3) is 4.58. The lowest BCUT2D eigenvalue weighted by Gasteiger charge is -2.10. The van der Waals surface area contributed by atoms with E-state index in [4.69, 9.17) is 16.6 Å². The third-order valence-corrected chi connectivity index (χ3v) is 5.95. The summed E-state index contributed by atoms with van der Waals surface area (Å²) in [6.45, 7) is 0.579. The van der Waals surface area contributed by atoms with E-state index in [1.807, 2.05) is 78.5 Å². The molecule has 0 unspecified atom stereocenters. The monoisotopic (exact) mass is 437 g/mol. The molecule has 8 heteroatoms. The van der Waals surface area contributed by atoms with E-state index in [2.05, 4.69) is 15.1 Å². The van der Waals surface area contributed by atoms with E-state index < -0.39 is 0 Å². The predicted octanol–water partition coefficient (Wildman–Crippen LogP) is 4.32. The molecular weight excluding hydrogens is 418 g/mol. The molecule has 2 aromatic carbocycles. The summed E-state index contributed by atoms with van der Waals surface area (Å²) in [6.07, 6.45) is 3.54. The highest BCUT2D eigenvalue weighted by molar-refractivity contribution is 7.99. The Hall–Kier alpha value is -3.03. The van der Waals surface area contributed by atoms with Gasteiger partial charge in [-0.1, -0.05) is 53.7 Å². The number of rotatable bonds is 7. The van der Waals surface area contributed by atoms with Crippen LogP contribution in [0.2, 0.25) is 5.02 Å². The van der Waals surface area contributed by atoms with Gasteiger partial charge < -0.3 is 9.13 Å². The first-order valence-electron chi connectivity index (χ1n) is 9.36. The second-order valence-electron chi connectivity index (χ2n) is 6.69. The highest BCUT2D eigenvalue weighted by atomic mass is 35.5. The number of hydrogen-bond donors (Lipinski definition) is 1. The molecule has 0 radical (unpaired) electrons. The number of carbonyl (C=O) groups is 1. The molecule has 4 aromatic rings. The van der Waals surface area contributed by atoms with Crippen LogP contribution in [0.15, 0.2) is 77.1 Å². The summed E-state index contributed by atoms with van der Waals surface area (Å²) in [5, 5.41) is 5.50. The van der Waals surface area contributed by atoms with Crippen LogP contribution < -0.4 is 5.43 Å². The van der Waals surface area contributed by atoms with Crippen LogP contribution in [0.1, 0.15) is 11.3 Å². The largest absolute Gasteiger partial charge is 0.350 e. The molecule has 1 N–H and O–H groups in total. The van der Waals surface area contributed by atoms with Gasteiger partial charge in [-0.05, 0) is 35.9 Å². The van der Waals surface area contributed by atoms with E-state index in [-0.39, 0.29) is 11.7 Å². The zero-order valence-corrected chi connectivity index (χ0v) is 17.9. The average Bonchev–Trinajstić information content (AvgIpc) is 3.31. The molecule has 0 aliphatic rings. The van der Waals surface area contributed by atoms with Crippen molar-refractivity contribution in [3.63, 3.8) is 0 Å². The molecule has 0 aliphatic carbocycles. The molecule has 30 heavy (non-hydrogen) atoms. The molecule has 0 saturated heterocycles. The average molecular weight is 438 g/mol. The van der Waals surface area contributed by atoms with Crippen LogP contribution in [-0.2, 0) is 18.4 Å². The minimum absolute atomic E-state index is 0.193. The number of nitrogens with zero attached hydrogens (tertiary/aromatic N) is 4. The van der Waals surface area contributed by atoms with Crippen molar-refractivity contribution < 1.29 is 4.79 Å². The first kappa shape index (κ1) is 20.3. The molecule has 2 heterocycles. The van der Waals surface area contributed by atoms with Crippen LogP contribution in [0.3, 0.4) is 0 Å². The Labute approximate surface area is 183 Å². The smallest absolute Gasteiger partial charge is 0.250 e. The number of hydrogen-bond acceptors (Lipinski definition) is 4. The Morgan fingerprint density at radius 3 is 2.77 bits per heavy atom. The quantitative estimate of drug-likeness (QED) is 0.266. The van der Waals surface area contributed by atoms with Gasteiger partial charge in [0.2, 0.25) is 0 Å². The van der Waals surface area contributed by atoms with Crippen molar-refractivity contribution in [3.8, 4) is 0 Å². The Morgan fingerprint density at radius 1 is 1.17 bits per heavy atom. The predicted molar refractivity (Wildman–Crippen MR) is 122 cm³/mol. The second kappa shape index (κ2) is 9.19. The number of benzene rings is 2. The van der Waals surface area contributed by atoms with Gasteiger partial charge in [-0.3, -0.25) is 4.79 Å². The molecular formula is C22H20ClN5OS. The van der Waals surface area contributed by atoms with Gasteiger partial charge in [-0.2, -0.15) is 5.10 Å². The summed E-state index contributed by atoms with van der Waals surface area (Å²) in [6, 6.07) is 19.5. The number of nitrogens with one attached hydrogen (secondary N) is 1. The standard InChI is InChI=1S/C22H20ClN5OS/c1-27-12-6-8-17(27)13-24-26-21(29)15-30-22-25-19-10-4-5-11-20(19)28(22)14-16-7-2-3-9-18(16)23/h2-13H,14-15H2,1H3,(H,26,29)/b24-13+. The fraction of sp³-hybridized carbons (Fsp3) is 0.136. The van der Waals surface area contributed by atoms with Crippen LogP contribution in [0.4, 0.5) is 0 Å². The van der Waals surface area contributed by atoms with Crippen LogP contribution in [0.25, 0.3) is 11.0 Å². The Bertz CT molecular complexity index is 1210. The van der Waals surface area contributed by atoms with Crippen molar-refractivity contribution >= 4 is 46.5 Å². The number of fused-ring (bicyclic) bond motifs is 1. The molecule has 152 valence electrons. The molecule has 0 aliphatic heterocycles. The van der Waals surface area contributed by atoms with E-state index in [9.17, 15) is 4.79 Å². The van der Waals surface area contributed by atoms with E-state index in [0.29, 0.717) is 11.6 Å². The van der Waals surface area contributed by atoms with Gasteiger partial charge in [0.05, 0.1) is 35.2 Å². The van der Waals surface area contributed by atoms with E-state index >= 15 is 0 Å². The number of aryl methyl sites for hydroxylation is 1. The number of para-hydroxylation sites is 2. The second-order valence-corrected chi connectivity index (χ2v) is 8.04. The van der Waals surface area contributed by atoms with Crippen molar-refractivity contribution in [3.05, 3.63) is 83.1 Å². The highest BCUT2D eigenvalue weighted by Gasteiger charge is 2.14. The number of thioether (sulfide) groups is 1. The summed E-state index contributed by atoms with van der Waals surface area (Å²) in [5.41, 5.74) is 6.36. The first-order chi connectivity index (χ1) is 14.6. The lowest BCUT2D eigenvalue weighted by Crippen LogP contribution is -2.20. The molecule has 6 nitrogen and oxygen atoms in total. The molecule has 0 fully saturated rings. The number of imidazole rings is 1. The lowest BCUT2D eigenvalue weighted by molar-refractivity contribution is -0.118. The van der Waals surface area contributed by atoms with Crippen molar-refractivity contribution in [2.24, 2.45) is 12.1 Å². The van der Waals surface area contributed by atoms with Gasteiger partial charge >= 0.3 is 0 Å². The van der Waals surface area contributed by atoms with Gasteiger partial charge in [-0.15, -0.1) is 0 Å². The normalized spacial score (nSPS) is 11.4. The van der Waals surface area contributed by atoms with Gasteiger partial charge in [0.15, 0.2) is 5.16 Å². The van der Waals surface area contributed by atoms with Crippen molar-refractivity contribution in [2.45, 2.75) is 11.7 Å². The summed E-state index contributed by atoms with van der Waals surface area (Å²) in [4.78, 5) is 17.0. The van der Waals surface area contributed by atoms with Crippen LogP contribution in [0.5, 0.6) is 0 Å². The van der Waals surface area contributed by atoms with Crippen LogP contribution >= 0.6 is 23.4 Å². The molecule has 2 aromatic heterocycles. The van der Waals surface area contributed by atoms with Gasteiger partial charge in [0.1, 0.15) is 0 Å². The zero-order valence-electron chi connectivity index (χ0n) is 16.3. The molecule has 0 saturated carbocycles. The summed E-state index contributed by atoms with van der Waals surface area (Å²) >= 11 is 7.74. The van der Waals surface area contributed by atoms with Gasteiger partial charge in [-0.25, -0.2) is 10.4 Å². The fourth-order valence-electron chi connectivity index (χ4n) is 3.05. The minimum Gasteiger partial charge on any atom is -0.350 e. The molecule has 4 rings (SSSR count). The van der Waals surface area contributed by atoms with E-state index in [1.54, 1.807) is 6.21 Å². The van der Waals surface area contributed by atoms with Crippen LogP contribution in [0, 0.1) is 0 Å². The van der Waals surface area contributed by atoms with Gasteiger partial charge in [0, 0.05) is 18.3 Å². The fourth-order valence-corrected chi connectivity index (χ4v) is 4.06. The molecule has 1 amide bonds. The number of hydrazone groups is 1. The van der Waals surface area contributed by atoms with Crippen molar-refractivity contribution in [2.75, 3.05) is 5.75 Å². The molecule has 0 bridgehead atoms. The maximum absolute atomic E-state index is 12.3. The molecule has 0 atom stereocenters. The maximum Gasteiger partial charge on any atom is 0.250 e.